The standard InChI is InChI=1S/C29H29F2NO4/c30-29(31)35-24-16-15-20(17-27(24)36-29)9-7-8-14-28(33)32-23-18-25(21-10-3-1-4-11-21)34-26(19-23)22-12-5-2-6-13-22/h1-6,10-13,15-17,23,25-26H,7-9,14,18-19H2,(H,32,33)/t23?,25-,26+. The van der Waals surface area contributed by atoms with E-state index in [4.69, 9.17) is 4.74 Å². The monoisotopic (exact) mass is 493 g/mol. The number of benzene rings is 3. The van der Waals surface area contributed by atoms with Crippen molar-refractivity contribution in [3.63, 3.8) is 0 Å². The number of unbranched alkanes of at least 4 members (excludes halogenated alkanes) is 1. The second kappa shape index (κ2) is 10.7. The number of nitrogens with one attached hydrogen (secondary N) is 1. The van der Waals surface area contributed by atoms with Crippen LogP contribution in [0.3, 0.4) is 0 Å². The molecule has 36 heavy (non-hydrogen) atoms. The second-order valence-electron chi connectivity index (χ2n) is 9.33. The Balaban J connectivity index is 1.13. The van der Waals surface area contributed by atoms with E-state index in [1.54, 1.807) is 12.1 Å². The fourth-order valence-corrected chi connectivity index (χ4v) is 4.87. The molecular weight excluding hydrogens is 464 g/mol. The van der Waals surface area contributed by atoms with Crippen molar-refractivity contribution in [2.75, 3.05) is 0 Å². The molecule has 2 aliphatic heterocycles. The van der Waals surface area contributed by atoms with Gasteiger partial charge in [0.15, 0.2) is 11.5 Å². The van der Waals surface area contributed by atoms with Crippen LogP contribution in [0.5, 0.6) is 11.5 Å². The third kappa shape index (κ3) is 6.02. The smallest absolute Gasteiger partial charge is 0.395 e. The summed E-state index contributed by atoms with van der Waals surface area (Å²) in [5, 5.41) is 3.22. The number of carbonyl (C=O) groups excluding carboxylic acids is 1. The van der Waals surface area contributed by atoms with Gasteiger partial charge in [-0.05, 0) is 60.9 Å². The van der Waals surface area contributed by atoms with E-state index in [1.807, 2.05) is 36.4 Å². The number of amides is 1. The average Bonchev–Trinajstić information content (AvgIpc) is 3.20. The number of carbonyl (C=O) groups is 1. The Morgan fingerprint density at radius 1 is 0.833 bits per heavy atom. The fraction of sp³-hybridized carbons (Fsp3) is 0.345. The Labute approximate surface area is 209 Å². The molecule has 1 fully saturated rings. The number of hydrogen-bond acceptors (Lipinski definition) is 4. The molecule has 0 spiro atoms. The lowest BCUT2D eigenvalue weighted by molar-refractivity contribution is -0.286. The number of halogens is 2. The van der Waals surface area contributed by atoms with E-state index in [2.05, 4.69) is 39.1 Å². The molecule has 3 atom stereocenters. The Bertz CT molecular complexity index is 1120. The van der Waals surface area contributed by atoms with Crippen LogP contribution in [0.4, 0.5) is 8.78 Å². The summed E-state index contributed by atoms with van der Waals surface area (Å²) in [7, 11) is 0. The minimum absolute atomic E-state index is 0.0113. The molecule has 3 aromatic carbocycles. The molecule has 0 saturated carbocycles. The highest BCUT2D eigenvalue weighted by atomic mass is 19.3. The fourth-order valence-electron chi connectivity index (χ4n) is 4.87. The first-order chi connectivity index (χ1) is 17.4. The lowest BCUT2D eigenvalue weighted by Gasteiger charge is -2.36. The number of alkyl halides is 2. The summed E-state index contributed by atoms with van der Waals surface area (Å²) >= 11 is 0. The minimum atomic E-state index is -3.61. The normalized spacial score (nSPS) is 22.2. The summed E-state index contributed by atoms with van der Waals surface area (Å²) < 4.78 is 41.8. The highest BCUT2D eigenvalue weighted by molar-refractivity contribution is 5.76. The maximum absolute atomic E-state index is 13.2. The first-order valence-electron chi connectivity index (χ1n) is 12.4. The van der Waals surface area contributed by atoms with Crippen LogP contribution in [-0.2, 0) is 16.0 Å². The molecule has 3 aromatic rings. The zero-order valence-electron chi connectivity index (χ0n) is 19.9. The van der Waals surface area contributed by atoms with Gasteiger partial charge in [0.25, 0.3) is 0 Å². The minimum Gasteiger partial charge on any atom is -0.395 e. The highest BCUT2D eigenvalue weighted by Gasteiger charge is 2.43. The molecule has 0 radical (unpaired) electrons. The van der Waals surface area contributed by atoms with Crippen molar-refractivity contribution >= 4 is 5.91 Å². The van der Waals surface area contributed by atoms with Gasteiger partial charge in [0, 0.05) is 12.5 Å². The molecule has 1 N–H and O–H groups in total. The number of fused-ring (bicyclic) bond motifs is 1. The molecule has 2 heterocycles. The van der Waals surface area contributed by atoms with Crippen LogP contribution >= 0.6 is 0 Å². The van der Waals surface area contributed by atoms with E-state index in [9.17, 15) is 13.6 Å². The van der Waals surface area contributed by atoms with Crippen molar-refractivity contribution in [2.24, 2.45) is 0 Å². The first kappa shape index (κ1) is 24.3. The van der Waals surface area contributed by atoms with Crippen molar-refractivity contribution in [1.82, 2.24) is 5.32 Å². The van der Waals surface area contributed by atoms with E-state index in [0.29, 0.717) is 19.3 Å². The summed E-state index contributed by atoms with van der Waals surface area (Å²) in [6, 6.07) is 25.1. The van der Waals surface area contributed by atoms with Gasteiger partial charge in [-0.2, -0.15) is 0 Å². The molecule has 5 rings (SSSR count). The van der Waals surface area contributed by atoms with Crippen LogP contribution in [0.15, 0.2) is 78.9 Å². The lowest BCUT2D eigenvalue weighted by Crippen LogP contribution is -2.40. The third-order valence-electron chi connectivity index (χ3n) is 6.62. The van der Waals surface area contributed by atoms with Gasteiger partial charge in [0.05, 0.1) is 12.2 Å². The predicted molar refractivity (Wildman–Crippen MR) is 131 cm³/mol. The topological polar surface area (TPSA) is 56.8 Å². The number of aryl methyl sites for hydroxylation is 1. The first-order valence-corrected chi connectivity index (χ1v) is 12.4. The van der Waals surface area contributed by atoms with E-state index in [-0.39, 0.29) is 35.7 Å². The predicted octanol–water partition coefficient (Wildman–Crippen LogP) is 6.50. The van der Waals surface area contributed by atoms with Crippen molar-refractivity contribution in [1.29, 1.82) is 0 Å². The van der Waals surface area contributed by atoms with E-state index in [0.717, 1.165) is 36.0 Å². The van der Waals surface area contributed by atoms with Gasteiger partial charge in [0.1, 0.15) is 0 Å². The van der Waals surface area contributed by atoms with Crippen molar-refractivity contribution in [3.8, 4) is 11.5 Å². The average molecular weight is 494 g/mol. The van der Waals surface area contributed by atoms with E-state index >= 15 is 0 Å². The lowest BCUT2D eigenvalue weighted by atomic mass is 9.91. The molecule has 7 heteroatoms. The summed E-state index contributed by atoms with van der Waals surface area (Å²) in [5.41, 5.74) is 3.09. The molecular formula is C29H29F2NO4. The van der Waals surface area contributed by atoms with Crippen LogP contribution in [0.2, 0.25) is 0 Å². The van der Waals surface area contributed by atoms with Gasteiger partial charge >= 0.3 is 6.29 Å². The van der Waals surface area contributed by atoms with Gasteiger partial charge < -0.3 is 19.5 Å². The maximum Gasteiger partial charge on any atom is 0.586 e. The molecule has 1 saturated heterocycles. The van der Waals surface area contributed by atoms with Crippen LogP contribution in [0.25, 0.3) is 0 Å². The van der Waals surface area contributed by atoms with Crippen LogP contribution in [-0.4, -0.2) is 18.2 Å². The number of ether oxygens (including phenoxy) is 3. The summed E-state index contributed by atoms with van der Waals surface area (Å²) in [5.74, 6) is 0.115. The van der Waals surface area contributed by atoms with E-state index in [1.165, 1.54) is 6.07 Å². The van der Waals surface area contributed by atoms with Gasteiger partial charge in [-0.25, -0.2) is 0 Å². The molecule has 1 amide bonds. The zero-order chi connectivity index (χ0) is 25.0. The Hall–Kier alpha value is -3.45. The van der Waals surface area contributed by atoms with Crippen LogP contribution in [0, 0.1) is 0 Å². The highest BCUT2D eigenvalue weighted by Crippen LogP contribution is 2.41. The summed E-state index contributed by atoms with van der Waals surface area (Å²) in [4.78, 5) is 12.8. The molecule has 188 valence electrons. The molecule has 0 aromatic heterocycles. The number of hydrogen-bond donors (Lipinski definition) is 1. The van der Waals surface area contributed by atoms with Gasteiger partial charge in [0.2, 0.25) is 5.91 Å². The second-order valence-corrected chi connectivity index (χ2v) is 9.33. The number of rotatable bonds is 8. The SMILES string of the molecule is O=C(CCCCc1ccc2c(c1)OC(F)(F)O2)NC1C[C@@H](c2ccccc2)O[C@@H](c2ccccc2)C1. The quantitative estimate of drug-likeness (QED) is 0.364. The largest absolute Gasteiger partial charge is 0.586 e. The van der Waals surface area contributed by atoms with Crippen molar-refractivity contribution < 1.29 is 27.8 Å². The Morgan fingerprint density at radius 3 is 2.08 bits per heavy atom. The molecule has 0 aliphatic carbocycles. The van der Waals surface area contributed by atoms with E-state index < -0.39 is 6.29 Å². The Morgan fingerprint density at radius 2 is 1.44 bits per heavy atom. The molecule has 1 unspecified atom stereocenters. The summed E-state index contributed by atoms with van der Waals surface area (Å²) in [6.45, 7) is 0. The van der Waals surface area contributed by atoms with Crippen LogP contribution in [0.1, 0.15) is 61.0 Å². The maximum atomic E-state index is 13.2. The zero-order valence-corrected chi connectivity index (χ0v) is 19.9. The molecule has 5 nitrogen and oxygen atoms in total. The third-order valence-corrected chi connectivity index (χ3v) is 6.62. The Kier molecular flexibility index (Phi) is 7.18. The van der Waals surface area contributed by atoms with Crippen molar-refractivity contribution in [2.45, 2.75) is 63.1 Å². The van der Waals surface area contributed by atoms with Gasteiger partial charge in [-0.15, -0.1) is 8.78 Å². The summed E-state index contributed by atoms with van der Waals surface area (Å²) in [6.07, 6.45) is 0.192. The molecule has 0 bridgehead atoms. The van der Waals surface area contributed by atoms with Crippen molar-refractivity contribution in [3.05, 3.63) is 95.6 Å². The molecule has 2 aliphatic rings. The van der Waals surface area contributed by atoms with Gasteiger partial charge in [-0.3, -0.25) is 4.79 Å². The van der Waals surface area contributed by atoms with Crippen LogP contribution < -0.4 is 14.8 Å². The van der Waals surface area contributed by atoms with Gasteiger partial charge in [-0.1, -0.05) is 66.7 Å².